The number of ether oxygens (including phenoxy) is 1. The minimum absolute atomic E-state index is 0.0620. The molecule has 0 aromatic heterocycles. The van der Waals surface area contributed by atoms with Crippen molar-refractivity contribution in [2.45, 2.75) is 50.0 Å². The number of hydrogen-bond acceptors (Lipinski definition) is 4. The molecule has 2 aliphatic carbocycles. The summed E-state index contributed by atoms with van der Waals surface area (Å²) in [5, 5.41) is 3.01. The molecule has 7 heteroatoms. The summed E-state index contributed by atoms with van der Waals surface area (Å²) in [5.74, 6) is 0.981. The lowest BCUT2D eigenvalue weighted by Gasteiger charge is -2.33. The number of carbonyl (C=O) groups is 3. The lowest BCUT2D eigenvalue weighted by molar-refractivity contribution is -0.136. The third-order valence-electron chi connectivity index (χ3n) is 7.77. The first kappa shape index (κ1) is 24.3. The Kier molecular flexibility index (Phi) is 6.99. The molecule has 0 spiro atoms. The summed E-state index contributed by atoms with van der Waals surface area (Å²) in [6.07, 6.45) is 4.38. The molecular formula is C29H35N3O4. The van der Waals surface area contributed by atoms with Gasteiger partial charge < -0.3 is 19.9 Å². The van der Waals surface area contributed by atoms with E-state index in [0.29, 0.717) is 32.6 Å². The fourth-order valence-corrected chi connectivity index (χ4v) is 5.36. The zero-order valence-corrected chi connectivity index (χ0v) is 20.9. The van der Waals surface area contributed by atoms with Gasteiger partial charge in [0.05, 0.1) is 25.0 Å². The number of rotatable bonds is 5. The molecule has 2 aromatic carbocycles. The number of amides is 3. The maximum Gasteiger partial charge on any atom is 0.233 e. The van der Waals surface area contributed by atoms with Crippen LogP contribution >= 0.6 is 0 Å². The number of methoxy groups -OCH3 is 1. The molecule has 1 N–H and O–H groups in total. The van der Waals surface area contributed by atoms with Crippen molar-refractivity contribution >= 4 is 17.7 Å². The van der Waals surface area contributed by atoms with Crippen LogP contribution < -0.4 is 10.1 Å². The minimum Gasteiger partial charge on any atom is -0.497 e. The Bertz CT molecular complexity index is 1090. The highest BCUT2D eigenvalue weighted by Crippen LogP contribution is 2.50. The van der Waals surface area contributed by atoms with Crippen LogP contribution in [0.5, 0.6) is 5.75 Å². The lowest BCUT2D eigenvalue weighted by atomic mass is 9.94. The van der Waals surface area contributed by atoms with Crippen LogP contribution in [0, 0.1) is 5.92 Å². The zero-order chi connectivity index (χ0) is 25.1. The molecule has 36 heavy (non-hydrogen) atoms. The molecular weight excluding hydrogens is 454 g/mol. The molecule has 3 amide bonds. The van der Waals surface area contributed by atoms with Gasteiger partial charge >= 0.3 is 0 Å². The Morgan fingerprint density at radius 2 is 1.69 bits per heavy atom. The average Bonchev–Trinajstić information content (AvgIpc) is 3.83. The van der Waals surface area contributed by atoms with Crippen molar-refractivity contribution in [3.05, 3.63) is 65.7 Å². The third-order valence-corrected chi connectivity index (χ3v) is 7.77. The van der Waals surface area contributed by atoms with Gasteiger partial charge in [0.15, 0.2) is 0 Å². The van der Waals surface area contributed by atoms with Crippen LogP contribution in [0.15, 0.2) is 54.6 Å². The van der Waals surface area contributed by atoms with Crippen LogP contribution in [-0.2, 0) is 19.8 Å². The quantitative estimate of drug-likeness (QED) is 0.698. The highest BCUT2D eigenvalue weighted by atomic mass is 16.5. The Labute approximate surface area is 212 Å². The monoisotopic (exact) mass is 489 g/mol. The molecule has 1 unspecified atom stereocenters. The summed E-state index contributed by atoms with van der Waals surface area (Å²) in [6.45, 7) is 1.96. The molecule has 0 bridgehead atoms. The second kappa shape index (κ2) is 10.3. The molecule has 1 atom stereocenters. The van der Waals surface area contributed by atoms with Crippen LogP contribution in [0.25, 0.3) is 0 Å². The number of nitrogens with one attached hydrogen (secondary N) is 1. The van der Waals surface area contributed by atoms with Crippen LogP contribution in [-0.4, -0.2) is 60.8 Å². The van der Waals surface area contributed by atoms with Gasteiger partial charge in [0.1, 0.15) is 5.75 Å². The van der Waals surface area contributed by atoms with Crippen molar-refractivity contribution in [2.75, 3.05) is 33.3 Å². The molecule has 1 heterocycles. The van der Waals surface area contributed by atoms with E-state index in [2.05, 4.69) is 5.32 Å². The van der Waals surface area contributed by atoms with E-state index in [1.165, 1.54) is 0 Å². The highest BCUT2D eigenvalue weighted by molar-refractivity contribution is 5.91. The van der Waals surface area contributed by atoms with Crippen LogP contribution in [0.2, 0.25) is 0 Å². The van der Waals surface area contributed by atoms with Gasteiger partial charge in [-0.25, -0.2) is 0 Å². The van der Waals surface area contributed by atoms with Gasteiger partial charge in [0.25, 0.3) is 0 Å². The van der Waals surface area contributed by atoms with E-state index >= 15 is 0 Å². The zero-order valence-electron chi connectivity index (χ0n) is 20.9. The van der Waals surface area contributed by atoms with Crippen molar-refractivity contribution in [2.24, 2.45) is 5.92 Å². The first-order valence-electron chi connectivity index (χ1n) is 13.1. The van der Waals surface area contributed by atoms with E-state index in [0.717, 1.165) is 42.6 Å². The Hall–Kier alpha value is -3.35. The Morgan fingerprint density at radius 3 is 2.33 bits per heavy atom. The summed E-state index contributed by atoms with van der Waals surface area (Å²) in [7, 11) is 1.63. The number of benzene rings is 2. The molecule has 2 saturated carbocycles. The molecule has 190 valence electrons. The van der Waals surface area contributed by atoms with Crippen LogP contribution in [0.4, 0.5) is 0 Å². The molecule has 3 fully saturated rings. The fourth-order valence-electron chi connectivity index (χ4n) is 5.36. The third kappa shape index (κ3) is 5.11. The van der Waals surface area contributed by atoms with Crippen molar-refractivity contribution in [3.8, 4) is 5.75 Å². The second-order valence-electron chi connectivity index (χ2n) is 10.2. The molecule has 5 rings (SSSR count). The molecule has 1 aliphatic heterocycles. The van der Waals surface area contributed by atoms with Gasteiger partial charge in [-0.1, -0.05) is 42.5 Å². The molecule has 3 aliphatic rings. The van der Waals surface area contributed by atoms with E-state index in [9.17, 15) is 14.4 Å². The van der Waals surface area contributed by atoms with Crippen molar-refractivity contribution in [3.63, 3.8) is 0 Å². The van der Waals surface area contributed by atoms with Gasteiger partial charge in [0, 0.05) is 32.1 Å². The van der Waals surface area contributed by atoms with E-state index in [4.69, 9.17) is 4.74 Å². The van der Waals surface area contributed by atoms with Gasteiger partial charge in [-0.15, -0.1) is 0 Å². The minimum atomic E-state index is -0.493. The second-order valence-corrected chi connectivity index (χ2v) is 10.2. The first-order valence-corrected chi connectivity index (χ1v) is 13.1. The number of hydrogen-bond donors (Lipinski definition) is 1. The van der Waals surface area contributed by atoms with Gasteiger partial charge in [-0.2, -0.15) is 0 Å². The predicted molar refractivity (Wildman–Crippen MR) is 136 cm³/mol. The van der Waals surface area contributed by atoms with Crippen molar-refractivity contribution in [1.29, 1.82) is 0 Å². The standard InChI is InChI=1S/C29H35N3O4/c1-36-24-12-10-23(11-13-24)29(14-15-29)28(35)31-17-5-18-32(27(34)22-8-9-22)25(20-26(33)30-16-19-31)21-6-3-2-4-7-21/h2-4,6-7,10-13,22,25H,5,8-9,14-20H2,1H3,(H,30,33). The average molecular weight is 490 g/mol. The van der Waals surface area contributed by atoms with Crippen molar-refractivity contribution < 1.29 is 19.1 Å². The maximum atomic E-state index is 13.8. The summed E-state index contributed by atoms with van der Waals surface area (Å²) in [5.41, 5.74) is 1.50. The van der Waals surface area contributed by atoms with Crippen LogP contribution in [0.1, 0.15) is 55.7 Å². The van der Waals surface area contributed by atoms with Crippen LogP contribution in [0.3, 0.4) is 0 Å². The van der Waals surface area contributed by atoms with E-state index < -0.39 is 5.41 Å². The maximum absolute atomic E-state index is 13.8. The van der Waals surface area contributed by atoms with Gasteiger partial charge in [0.2, 0.25) is 17.7 Å². The van der Waals surface area contributed by atoms with E-state index in [-0.39, 0.29) is 36.1 Å². The Balaban J connectivity index is 1.36. The van der Waals surface area contributed by atoms with Gasteiger partial charge in [-0.05, 0) is 55.4 Å². The summed E-state index contributed by atoms with van der Waals surface area (Å²) in [4.78, 5) is 43.9. The van der Waals surface area contributed by atoms with E-state index in [1.807, 2.05) is 64.4 Å². The Morgan fingerprint density at radius 1 is 0.972 bits per heavy atom. The lowest BCUT2D eigenvalue weighted by Crippen LogP contribution is -2.44. The topological polar surface area (TPSA) is 79.0 Å². The summed E-state index contributed by atoms with van der Waals surface area (Å²) < 4.78 is 5.28. The molecule has 2 aromatic rings. The molecule has 1 saturated heterocycles. The van der Waals surface area contributed by atoms with Crippen molar-refractivity contribution in [1.82, 2.24) is 15.1 Å². The smallest absolute Gasteiger partial charge is 0.233 e. The highest BCUT2D eigenvalue weighted by Gasteiger charge is 2.53. The summed E-state index contributed by atoms with van der Waals surface area (Å²) in [6, 6.07) is 17.3. The molecule has 0 radical (unpaired) electrons. The first-order chi connectivity index (χ1) is 17.5. The normalized spacial score (nSPS) is 22.2. The number of carbonyl (C=O) groups excluding carboxylic acids is 3. The number of nitrogens with zero attached hydrogens (tertiary/aromatic N) is 2. The predicted octanol–water partition coefficient (Wildman–Crippen LogP) is 3.45. The van der Waals surface area contributed by atoms with E-state index in [1.54, 1.807) is 7.11 Å². The fraction of sp³-hybridized carbons (Fsp3) is 0.483. The summed E-state index contributed by atoms with van der Waals surface area (Å²) >= 11 is 0. The molecule has 7 nitrogen and oxygen atoms in total. The largest absolute Gasteiger partial charge is 0.497 e. The van der Waals surface area contributed by atoms with Gasteiger partial charge in [-0.3, -0.25) is 14.4 Å². The SMILES string of the molecule is COc1ccc(C2(C(=O)N3CCCN(C(=O)C4CC4)C(c4ccccc4)CC(=O)NCC3)CC2)cc1.